The maximum Gasteiger partial charge on any atom is 0.168 e. The molecule has 0 bridgehead atoms. The Kier molecular flexibility index (Phi) is 11.7. The lowest BCUT2D eigenvalue weighted by Crippen LogP contribution is -2.05. The third kappa shape index (κ3) is 7.55. The molecule has 0 radical (unpaired) electrons. The van der Waals surface area contributed by atoms with Gasteiger partial charge in [0, 0.05) is 54.2 Å². The number of H-pyrrole nitrogens is 1. The van der Waals surface area contributed by atoms with Crippen LogP contribution < -0.4 is 10.1 Å². The number of ether oxygens (including phenoxy) is 1. The van der Waals surface area contributed by atoms with E-state index >= 15 is 13.2 Å². The highest BCUT2D eigenvalue weighted by molar-refractivity contribution is 7.55. The molecule has 0 saturated carbocycles. The van der Waals surface area contributed by atoms with Gasteiger partial charge in [-0.3, -0.25) is 0 Å². The Hall–Kier alpha value is -3.90. The van der Waals surface area contributed by atoms with Gasteiger partial charge in [0.1, 0.15) is 29.5 Å². The highest BCUT2D eigenvalue weighted by atomic mass is 31.1. The monoisotopic (exact) mass is 609 g/mol. The first-order valence-corrected chi connectivity index (χ1v) is 16.1. The van der Waals surface area contributed by atoms with Crippen LogP contribution in [-0.2, 0) is 17.6 Å². The summed E-state index contributed by atoms with van der Waals surface area (Å²) in [5.74, 6) is -1.30. The molecule has 0 fully saturated rings. The molecule has 0 amide bonds. The molecule has 9 heteroatoms. The molecule has 1 aromatic heterocycles. The molecule has 0 aliphatic heterocycles. The third-order valence-electron chi connectivity index (χ3n) is 7.24. The molecular formula is C34H39F3N3O2P. The number of aldehydes is 1. The lowest BCUT2D eigenvalue weighted by Gasteiger charge is -2.19. The highest BCUT2D eigenvalue weighted by Gasteiger charge is 2.22. The lowest BCUT2D eigenvalue weighted by molar-refractivity contribution is -0.107. The van der Waals surface area contributed by atoms with Crippen LogP contribution in [0.25, 0.3) is 17.5 Å². The number of aromatic amines is 1. The minimum absolute atomic E-state index is 0. The predicted octanol–water partition coefficient (Wildman–Crippen LogP) is 9.17. The van der Waals surface area contributed by atoms with E-state index in [2.05, 4.69) is 35.2 Å². The normalized spacial score (nSPS) is 11.6. The largest absolute Gasteiger partial charge is 0.454 e. The van der Waals surface area contributed by atoms with E-state index in [4.69, 9.17) is 4.74 Å². The van der Waals surface area contributed by atoms with Gasteiger partial charge in [-0.25, -0.2) is 18.2 Å². The van der Waals surface area contributed by atoms with Crippen molar-refractivity contribution in [3.05, 3.63) is 101 Å². The summed E-state index contributed by atoms with van der Waals surface area (Å²) >= 11 is 0. The summed E-state index contributed by atoms with van der Waals surface area (Å²) < 4.78 is 51.7. The van der Waals surface area contributed by atoms with E-state index in [1.165, 1.54) is 24.3 Å². The topological polar surface area (TPSA) is 67.0 Å². The summed E-state index contributed by atoms with van der Waals surface area (Å²) in [7, 11) is 1.49. The molecule has 1 heterocycles. The summed E-state index contributed by atoms with van der Waals surface area (Å²) in [6, 6.07) is 10.6. The van der Waals surface area contributed by atoms with E-state index in [9.17, 15) is 4.79 Å². The predicted molar refractivity (Wildman–Crippen MR) is 172 cm³/mol. The first-order valence-electron chi connectivity index (χ1n) is 13.7. The fourth-order valence-electron chi connectivity index (χ4n) is 4.90. The zero-order chi connectivity index (χ0) is 30.4. The Bertz CT molecular complexity index is 1590. The van der Waals surface area contributed by atoms with E-state index in [0.29, 0.717) is 40.9 Å². The van der Waals surface area contributed by atoms with Crippen molar-refractivity contribution in [1.82, 2.24) is 9.97 Å². The Labute approximate surface area is 253 Å². The number of rotatable bonds is 13. The molecule has 0 saturated heterocycles. The van der Waals surface area contributed by atoms with Crippen molar-refractivity contribution in [2.24, 2.45) is 0 Å². The lowest BCUT2D eigenvalue weighted by atomic mass is 9.94. The molecule has 4 aromatic rings. The number of halogens is 3. The van der Waals surface area contributed by atoms with Crippen LogP contribution in [0.4, 0.5) is 18.9 Å². The van der Waals surface area contributed by atoms with E-state index < -0.39 is 17.6 Å². The molecule has 3 aromatic carbocycles. The van der Waals surface area contributed by atoms with Crippen molar-refractivity contribution in [1.29, 1.82) is 0 Å². The second-order valence-electron chi connectivity index (χ2n) is 10.3. The molecule has 0 aliphatic rings. The van der Waals surface area contributed by atoms with Gasteiger partial charge in [0.05, 0.1) is 5.56 Å². The van der Waals surface area contributed by atoms with Crippen LogP contribution in [0.2, 0.25) is 0 Å². The first kappa shape index (κ1) is 33.6. The molecule has 43 heavy (non-hydrogen) atoms. The van der Waals surface area contributed by atoms with Crippen LogP contribution in [0, 0.1) is 17.5 Å². The standard InChI is InChI=1S/C33H35F3N3O2P.CH4/c1-6-23-25(14-16-42(4)5)32(28(35)18-29(23)37-3)41-22-12-13-27(34)26(17-22)33-38-19-30(39-33)20(2)24-11-7-9-21(31(24)36)10-8-15-40;/h6-7,9,11-13,15,17-20,37H,1,8,10,14,16H2,2-5H3,(H,38,39);1H4. The van der Waals surface area contributed by atoms with Gasteiger partial charge < -0.3 is 19.8 Å². The first-order chi connectivity index (χ1) is 20.2. The molecule has 4 rings (SSSR count). The molecule has 2 N–H and O–H groups in total. The van der Waals surface area contributed by atoms with E-state index in [1.807, 2.05) is 6.92 Å². The maximum atomic E-state index is 15.4. The van der Waals surface area contributed by atoms with Gasteiger partial charge >= 0.3 is 0 Å². The number of aryl methyl sites for hydroxylation is 1. The molecule has 0 spiro atoms. The number of anilines is 1. The van der Waals surface area contributed by atoms with Crippen LogP contribution >= 0.6 is 7.92 Å². The summed E-state index contributed by atoms with van der Waals surface area (Å²) in [6.07, 6.45) is 6.02. The smallest absolute Gasteiger partial charge is 0.168 e. The number of imidazole rings is 1. The van der Waals surface area contributed by atoms with Gasteiger partial charge in [0.25, 0.3) is 0 Å². The molecule has 1 atom stereocenters. The van der Waals surface area contributed by atoms with Gasteiger partial charge in [-0.05, 0) is 61.7 Å². The van der Waals surface area contributed by atoms with Gasteiger partial charge in [-0.1, -0.05) is 45.2 Å². The van der Waals surface area contributed by atoms with E-state index in [-0.39, 0.29) is 50.5 Å². The maximum absolute atomic E-state index is 15.4. The van der Waals surface area contributed by atoms with Crippen molar-refractivity contribution >= 4 is 26.0 Å². The average Bonchev–Trinajstić information content (AvgIpc) is 3.47. The van der Waals surface area contributed by atoms with Crippen molar-refractivity contribution in [3.63, 3.8) is 0 Å². The van der Waals surface area contributed by atoms with E-state index in [0.717, 1.165) is 18.0 Å². The Balaban J connectivity index is 0.00000506. The average molecular weight is 610 g/mol. The zero-order valence-electron chi connectivity index (χ0n) is 24.2. The number of aromatic nitrogens is 2. The molecular weight excluding hydrogens is 570 g/mol. The minimum Gasteiger partial charge on any atom is -0.454 e. The van der Waals surface area contributed by atoms with Crippen LogP contribution in [0.3, 0.4) is 0 Å². The molecule has 5 nitrogen and oxygen atoms in total. The summed E-state index contributed by atoms with van der Waals surface area (Å²) in [6.45, 7) is 10.1. The number of benzene rings is 3. The van der Waals surface area contributed by atoms with Crippen LogP contribution in [0.1, 0.15) is 54.6 Å². The van der Waals surface area contributed by atoms with Crippen LogP contribution in [0.15, 0.2) is 55.2 Å². The van der Waals surface area contributed by atoms with Gasteiger partial charge in [-0.15, -0.1) is 7.92 Å². The highest BCUT2D eigenvalue weighted by Crippen LogP contribution is 2.39. The summed E-state index contributed by atoms with van der Waals surface area (Å²) in [5.41, 5.74) is 3.71. The van der Waals surface area contributed by atoms with Gasteiger partial charge in [0.15, 0.2) is 11.6 Å². The van der Waals surface area contributed by atoms with Crippen LogP contribution in [-0.4, -0.2) is 42.8 Å². The molecule has 228 valence electrons. The fourth-order valence-corrected chi connectivity index (χ4v) is 5.57. The number of hydrogen-bond donors (Lipinski definition) is 2. The second-order valence-corrected chi connectivity index (χ2v) is 12.9. The van der Waals surface area contributed by atoms with Crippen LogP contribution in [0.5, 0.6) is 11.5 Å². The minimum atomic E-state index is -0.543. The van der Waals surface area contributed by atoms with Crippen molar-refractivity contribution in [2.75, 3.05) is 31.9 Å². The Morgan fingerprint density at radius 2 is 1.88 bits per heavy atom. The number of nitrogens with one attached hydrogen (secondary N) is 2. The number of carbonyl (C=O) groups excluding carboxylic acids is 1. The zero-order valence-corrected chi connectivity index (χ0v) is 25.1. The Morgan fingerprint density at radius 3 is 2.56 bits per heavy atom. The number of carbonyl (C=O) groups is 1. The van der Waals surface area contributed by atoms with Crippen molar-refractivity contribution in [3.8, 4) is 22.9 Å². The van der Waals surface area contributed by atoms with E-state index in [1.54, 1.807) is 37.5 Å². The fraction of sp³-hybridized carbons (Fsp3) is 0.294. The second kappa shape index (κ2) is 15.0. The van der Waals surface area contributed by atoms with Gasteiger partial charge in [0.2, 0.25) is 0 Å². The number of hydrogen-bond acceptors (Lipinski definition) is 4. The Morgan fingerprint density at radius 1 is 1.12 bits per heavy atom. The molecule has 1 unspecified atom stereocenters. The SMILES string of the molecule is C.C=Cc1c(NC)cc(F)c(Oc2ccc(F)c(-c3ncc(C(C)c4cccc(CCC=O)c4F)[nH]3)c2)c1CCP(C)C. The molecule has 0 aliphatic carbocycles. The van der Waals surface area contributed by atoms with Crippen molar-refractivity contribution in [2.45, 2.75) is 39.5 Å². The summed E-state index contributed by atoms with van der Waals surface area (Å²) in [5, 5.41) is 3.02. The third-order valence-corrected chi connectivity index (χ3v) is 8.36. The summed E-state index contributed by atoms with van der Waals surface area (Å²) in [4.78, 5) is 18.2. The number of nitrogens with zero attached hydrogens (tertiary/aromatic N) is 1. The van der Waals surface area contributed by atoms with Gasteiger partial charge in [-0.2, -0.15) is 0 Å². The van der Waals surface area contributed by atoms with Crippen molar-refractivity contribution < 1.29 is 22.7 Å². The quantitative estimate of drug-likeness (QED) is 0.117.